The van der Waals surface area contributed by atoms with E-state index in [4.69, 9.17) is 9.47 Å². The van der Waals surface area contributed by atoms with Gasteiger partial charge in [-0.05, 0) is 24.0 Å². The lowest BCUT2D eigenvalue weighted by molar-refractivity contribution is -0.384. The summed E-state index contributed by atoms with van der Waals surface area (Å²) in [7, 11) is 0. The van der Waals surface area contributed by atoms with Gasteiger partial charge in [0.1, 0.15) is 5.75 Å². The van der Waals surface area contributed by atoms with Crippen molar-refractivity contribution in [2.24, 2.45) is 5.92 Å². The fourth-order valence-corrected chi connectivity index (χ4v) is 3.04. The van der Waals surface area contributed by atoms with Gasteiger partial charge in [-0.2, -0.15) is 0 Å². The Morgan fingerprint density at radius 1 is 0.862 bits per heavy atom. The van der Waals surface area contributed by atoms with Crippen molar-refractivity contribution in [3.8, 4) is 28.0 Å². The van der Waals surface area contributed by atoms with E-state index in [-0.39, 0.29) is 10.6 Å². The number of ether oxygens (including phenoxy) is 2. The first-order valence-electron chi connectivity index (χ1n) is 9.67. The number of nitrogens with zero attached hydrogens (tertiary/aromatic N) is 1. The van der Waals surface area contributed by atoms with Crippen LogP contribution in [-0.4, -0.2) is 17.8 Å². The Labute approximate surface area is 171 Å². The first kappa shape index (κ1) is 20.6. The van der Waals surface area contributed by atoms with Crippen LogP contribution in [0.5, 0.6) is 5.75 Å². The zero-order valence-electron chi connectivity index (χ0n) is 16.9. The summed E-state index contributed by atoms with van der Waals surface area (Å²) in [6.07, 6.45) is -0.496. The molecule has 0 N–H and O–H groups in total. The Bertz CT molecular complexity index is 895. The van der Waals surface area contributed by atoms with Crippen LogP contribution < -0.4 is 4.74 Å². The van der Waals surface area contributed by atoms with Gasteiger partial charge >= 0.3 is 0 Å². The molecule has 0 spiro atoms. The van der Waals surface area contributed by atoms with Gasteiger partial charge in [-0.1, -0.05) is 74.5 Å². The lowest BCUT2D eigenvalue weighted by Crippen LogP contribution is -2.19. The molecule has 0 aliphatic carbocycles. The lowest BCUT2D eigenvalue weighted by Gasteiger charge is -2.22. The zero-order valence-corrected chi connectivity index (χ0v) is 16.9. The lowest BCUT2D eigenvalue weighted by atomic mass is 9.96. The van der Waals surface area contributed by atoms with Crippen molar-refractivity contribution in [3.63, 3.8) is 0 Å². The van der Waals surface area contributed by atoms with Crippen LogP contribution >= 0.6 is 0 Å². The van der Waals surface area contributed by atoms with Gasteiger partial charge in [0.15, 0.2) is 6.29 Å². The van der Waals surface area contributed by atoms with Gasteiger partial charge in [-0.25, -0.2) is 0 Å². The molecule has 0 aliphatic heterocycles. The van der Waals surface area contributed by atoms with Gasteiger partial charge in [-0.3, -0.25) is 10.1 Å². The molecular weight excluding hydrogens is 366 g/mol. The number of hydrogen-bond donors (Lipinski definition) is 0. The number of rotatable bonds is 8. The Balaban J connectivity index is 2.17. The monoisotopic (exact) mass is 391 g/mol. The van der Waals surface area contributed by atoms with Crippen molar-refractivity contribution in [3.05, 3.63) is 82.9 Å². The van der Waals surface area contributed by atoms with Crippen molar-refractivity contribution in [2.75, 3.05) is 6.61 Å². The highest BCUT2D eigenvalue weighted by molar-refractivity contribution is 5.85. The molecule has 0 radical (unpaired) electrons. The van der Waals surface area contributed by atoms with Crippen LogP contribution in [0.2, 0.25) is 0 Å². The van der Waals surface area contributed by atoms with Gasteiger partial charge in [0.25, 0.3) is 5.69 Å². The Morgan fingerprint density at radius 2 is 1.34 bits per heavy atom. The molecule has 0 saturated carbocycles. The number of nitro groups is 1. The third-order valence-electron chi connectivity index (χ3n) is 4.40. The highest BCUT2D eigenvalue weighted by atomic mass is 16.7. The maximum absolute atomic E-state index is 11.6. The Hall–Kier alpha value is -3.18. The summed E-state index contributed by atoms with van der Waals surface area (Å²) in [6, 6.07) is 22.2. The molecule has 3 aromatic rings. The fraction of sp³-hybridized carbons (Fsp3) is 0.250. The number of benzene rings is 3. The summed E-state index contributed by atoms with van der Waals surface area (Å²) in [5.41, 5.74) is 3.04. The van der Waals surface area contributed by atoms with Gasteiger partial charge in [0.05, 0.1) is 11.5 Å². The summed E-state index contributed by atoms with van der Waals surface area (Å²) in [4.78, 5) is 11.2. The summed E-state index contributed by atoms with van der Waals surface area (Å²) in [6.45, 7) is 6.55. The van der Waals surface area contributed by atoms with E-state index in [0.717, 1.165) is 11.1 Å². The standard InChI is InChI=1S/C24H25NO4/c1-17(2)16-28-18(3)29-24-22(19-10-6-4-7-11-19)14-21(25(26)27)15-23(24)20-12-8-5-9-13-20/h4-15,17-18H,16H2,1-3H3. The summed E-state index contributed by atoms with van der Waals surface area (Å²) in [5.74, 6) is 0.948. The Morgan fingerprint density at radius 3 is 1.76 bits per heavy atom. The SMILES string of the molecule is CC(C)COC(C)Oc1c(-c2ccccc2)cc([N+](=O)[O-])cc1-c1ccccc1. The second kappa shape index (κ2) is 9.34. The largest absolute Gasteiger partial charge is 0.464 e. The minimum atomic E-state index is -0.496. The quantitative estimate of drug-likeness (QED) is 0.256. The van der Waals surface area contributed by atoms with Crippen LogP contribution in [0.25, 0.3) is 22.3 Å². The molecule has 3 rings (SSSR count). The molecule has 0 amide bonds. The van der Waals surface area contributed by atoms with Crippen molar-refractivity contribution < 1.29 is 14.4 Å². The van der Waals surface area contributed by atoms with E-state index in [1.54, 1.807) is 12.1 Å². The van der Waals surface area contributed by atoms with Crippen molar-refractivity contribution >= 4 is 5.69 Å². The molecule has 5 heteroatoms. The fourth-order valence-electron chi connectivity index (χ4n) is 3.04. The Kier molecular flexibility index (Phi) is 6.62. The van der Waals surface area contributed by atoms with E-state index < -0.39 is 6.29 Å². The van der Waals surface area contributed by atoms with E-state index in [1.807, 2.05) is 67.6 Å². The van der Waals surface area contributed by atoms with E-state index in [1.165, 1.54) is 0 Å². The molecule has 29 heavy (non-hydrogen) atoms. The van der Waals surface area contributed by atoms with Crippen molar-refractivity contribution in [2.45, 2.75) is 27.1 Å². The van der Waals surface area contributed by atoms with Crippen LogP contribution in [0.1, 0.15) is 20.8 Å². The minimum absolute atomic E-state index is 0.0193. The minimum Gasteiger partial charge on any atom is -0.464 e. The van der Waals surface area contributed by atoms with Gasteiger partial charge in [0.2, 0.25) is 0 Å². The topological polar surface area (TPSA) is 61.6 Å². The zero-order chi connectivity index (χ0) is 20.8. The van der Waals surface area contributed by atoms with Crippen LogP contribution in [0.15, 0.2) is 72.8 Å². The molecule has 0 saturated heterocycles. The summed E-state index contributed by atoms with van der Waals surface area (Å²) < 4.78 is 12.0. The van der Waals surface area contributed by atoms with Crippen LogP contribution in [0.4, 0.5) is 5.69 Å². The van der Waals surface area contributed by atoms with Gasteiger partial charge in [-0.15, -0.1) is 0 Å². The van der Waals surface area contributed by atoms with Crippen LogP contribution in [0, 0.1) is 16.0 Å². The molecule has 0 aliphatic rings. The second-order valence-corrected chi connectivity index (χ2v) is 7.27. The van der Waals surface area contributed by atoms with E-state index in [9.17, 15) is 10.1 Å². The van der Waals surface area contributed by atoms with Crippen LogP contribution in [-0.2, 0) is 4.74 Å². The first-order chi connectivity index (χ1) is 14.0. The average Bonchev–Trinajstić information content (AvgIpc) is 2.73. The van der Waals surface area contributed by atoms with E-state index in [0.29, 0.717) is 29.4 Å². The van der Waals surface area contributed by atoms with E-state index >= 15 is 0 Å². The van der Waals surface area contributed by atoms with Crippen LogP contribution in [0.3, 0.4) is 0 Å². The highest BCUT2D eigenvalue weighted by Crippen LogP contribution is 2.42. The predicted molar refractivity (Wildman–Crippen MR) is 115 cm³/mol. The number of non-ortho nitro benzene ring substituents is 1. The smallest absolute Gasteiger partial charge is 0.270 e. The summed E-state index contributed by atoms with van der Waals surface area (Å²) in [5, 5.41) is 11.6. The third-order valence-corrected chi connectivity index (χ3v) is 4.40. The maximum atomic E-state index is 11.6. The van der Waals surface area contributed by atoms with Gasteiger partial charge < -0.3 is 9.47 Å². The maximum Gasteiger partial charge on any atom is 0.270 e. The molecule has 0 heterocycles. The third kappa shape index (κ3) is 5.21. The molecule has 1 unspecified atom stereocenters. The van der Waals surface area contributed by atoms with Crippen molar-refractivity contribution in [1.29, 1.82) is 0 Å². The molecule has 5 nitrogen and oxygen atoms in total. The van der Waals surface area contributed by atoms with E-state index in [2.05, 4.69) is 13.8 Å². The number of hydrogen-bond acceptors (Lipinski definition) is 4. The molecule has 3 aromatic carbocycles. The molecule has 0 fully saturated rings. The molecule has 0 aromatic heterocycles. The average molecular weight is 391 g/mol. The highest BCUT2D eigenvalue weighted by Gasteiger charge is 2.22. The molecule has 1 atom stereocenters. The summed E-state index contributed by atoms with van der Waals surface area (Å²) >= 11 is 0. The number of nitro benzene ring substituents is 1. The molecular formula is C24H25NO4. The second-order valence-electron chi connectivity index (χ2n) is 7.27. The van der Waals surface area contributed by atoms with Gasteiger partial charge in [0, 0.05) is 23.3 Å². The predicted octanol–water partition coefficient (Wildman–Crippen LogP) is 6.33. The first-order valence-corrected chi connectivity index (χ1v) is 9.67. The molecule has 0 bridgehead atoms. The molecule has 150 valence electrons. The normalized spacial score (nSPS) is 12.0. The van der Waals surface area contributed by atoms with Crippen molar-refractivity contribution in [1.82, 2.24) is 0 Å².